The summed E-state index contributed by atoms with van der Waals surface area (Å²) in [6, 6.07) is 3.27. The highest BCUT2D eigenvalue weighted by Gasteiger charge is 2.27. The minimum Gasteiger partial charge on any atom is -0.303 e. The van der Waals surface area contributed by atoms with Crippen molar-refractivity contribution in [3.63, 3.8) is 0 Å². The first-order valence-electron chi connectivity index (χ1n) is 8.97. The van der Waals surface area contributed by atoms with Gasteiger partial charge in [-0.1, -0.05) is 27.2 Å². The van der Waals surface area contributed by atoms with Crippen molar-refractivity contribution in [1.82, 2.24) is 10.2 Å². The van der Waals surface area contributed by atoms with Crippen LogP contribution in [0, 0.1) is 17.2 Å². The van der Waals surface area contributed by atoms with E-state index in [1.807, 2.05) is 0 Å². The van der Waals surface area contributed by atoms with E-state index in [1.54, 1.807) is 0 Å². The molecule has 0 aromatic heterocycles. The molecule has 21 heavy (non-hydrogen) atoms. The zero-order valence-corrected chi connectivity index (χ0v) is 14.6. The van der Waals surface area contributed by atoms with Crippen molar-refractivity contribution in [2.45, 2.75) is 83.7 Å². The van der Waals surface area contributed by atoms with E-state index < -0.39 is 0 Å². The summed E-state index contributed by atoms with van der Waals surface area (Å²) in [4.78, 5) is 2.54. The average Bonchev–Trinajstić information content (AvgIpc) is 2.54. The van der Waals surface area contributed by atoms with Crippen molar-refractivity contribution >= 4 is 0 Å². The number of nitrogens with zero attached hydrogens (tertiary/aromatic N) is 2. The molecule has 122 valence electrons. The zero-order valence-electron chi connectivity index (χ0n) is 14.6. The molecule has 3 heteroatoms. The third kappa shape index (κ3) is 5.60. The molecule has 1 atom stereocenters. The lowest BCUT2D eigenvalue weighted by Gasteiger charge is -2.35. The van der Waals surface area contributed by atoms with Crippen LogP contribution < -0.4 is 5.32 Å². The number of rotatable bonds is 9. The maximum Gasteiger partial charge on any atom is 0.106 e. The molecule has 0 radical (unpaired) electrons. The second-order valence-corrected chi connectivity index (χ2v) is 6.74. The van der Waals surface area contributed by atoms with Gasteiger partial charge in [0.2, 0.25) is 0 Å². The van der Waals surface area contributed by atoms with E-state index >= 15 is 0 Å². The molecule has 0 bridgehead atoms. The number of nitriles is 1. The van der Waals surface area contributed by atoms with Gasteiger partial charge in [0.05, 0.1) is 6.07 Å². The second-order valence-electron chi connectivity index (χ2n) is 6.74. The van der Waals surface area contributed by atoms with Crippen LogP contribution in [-0.4, -0.2) is 36.6 Å². The van der Waals surface area contributed by atoms with E-state index in [0.29, 0.717) is 0 Å². The van der Waals surface area contributed by atoms with Crippen LogP contribution in [0.25, 0.3) is 0 Å². The molecule has 0 aromatic carbocycles. The molecule has 1 unspecified atom stereocenters. The van der Waals surface area contributed by atoms with Crippen molar-refractivity contribution in [2.75, 3.05) is 20.1 Å². The summed E-state index contributed by atoms with van der Waals surface area (Å²) in [5, 5.41) is 12.8. The summed E-state index contributed by atoms with van der Waals surface area (Å²) >= 11 is 0. The van der Waals surface area contributed by atoms with Crippen molar-refractivity contribution in [3.8, 4) is 6.07 Å². The third-order valence-electron chi connectivity index (χ3n) is 5.46. The van der Waals surface area contributed by atoms with Crippen LogP contribution in [0.2, 0.25) is 0 Å². The van der Waals surface area contributed by atoms with Gasteiger partial charge in [-0.25, -0.2) is 0 Å². The van der Waals surface area contributed by atoms with Crippen molar-refractivity contribution in [1.29, 1.82) is 5.26 Å². The fraction of sp³-hybridized carbons (Fsp3) is 0.944. The quantitative estimate of drug-likeness (QED) is 0.699. The van der Waals surface area contributed by atoms with Gasteiger partial charge in [0.25, 0.3) is 0 Å². The Morgan fingerprint density at radius 1 is 1.19 bits per heavy atom. The fourth-order valence-corrected chi connectivity index (χ4v) is 3.71. The highest BCUT2D eigenvalue weighted by Crippen LogP contribution is 2.29. The first-order chi connectivity index (χ1) is 10.1. The summed E-state index contributed by atoms with van der Waals surface area (Å²) in [6.45, 7) is 8.51. The average molecular weight is 293 g/mol. The molecule has 0 aliphatic heterocycles. The molecule has 3 nitrogen and oxygen atoms in total. The number of nitrogens with one attached hydrogen (secondary N) is 1. The van der Waals surface area contributed by atoms with E-state index in [0.717, 1.165) is 44.3 Å². The predicted octanol–water partition coefficient (Wildman–Crippen LogP) is 3.95. The van der Waals surface area contributed by atoms with Crippen LogP contribution in [0.15, 0.2) is 0 Å². The molecule has 0 spiro atoms. The second kappa shape index (κ2) is 9.43. The van der Waals surface area contributed by atoms with Crippen LogP contribution >= 0.6 is 0 Å². The van der Waals surface area contributed by atoms with Crippen molar-refractivity contribution < 1.29 is 0 Å². The Morgan fingerprint density at radius 3 is 2.33 bits per heavy atom. The SMILES string of the molecule is CCNC(C#N)(CC)CCCN(C)C1CCC(CC)CC1. The van der Waals surface area contributed by atoms with Crippen LogP contribution in [-0.2, 0) is 0 Å². The van der Waals surface area contributed by atoms with E-state index in [4.69, 9.17) is 0 Å². The van der Waals surface area contributed by atoms with Crippen molar-refractivity contribution in [2.24, 2.45) is 5.92 Å². The van der Waals surface area contributed by atoms with Gasteiger partial charge >= 0.3 is 0 Å². The molecule has 1 saturated carbocycles. The van der Waals surface area contributed by atoms with Gasteiger partial charge in [-0.3, -0.25) is 5.32 Å². The Hall–Kier alpha value is -0.590. The normalized spacial score (nSPS) is 25.5. The van der Waals surface area contributed by atoms with Gasteiger partial charge in [-0.05, 0) is 71.0 Å². The Morgan fingerprint density at radius 2 is 1.86 bits per heavy atom. The molecule has 1 N–H and O–H groups in total. The molecule has 1 aliphatic carbocycles. The van der Waals surface area contributed by atoms with Crippen LogP contribution in [0.1, 0.15) is 72.1 Å². The minimum atomic E-state index is -0.310. The van der Waals surface area contributed by atoms with Crippen LogP contribution in [0.5, 0.6) is 0 Å². The molecule has 1 aliphatic rings. The highest BCUT2D eigenvalue weighted by atomic mass is 15.1. The lowest BCUT2D eigenvalue weighted by atomic mass is 9.84. The molecule has 0 amide bonds. The van der Waals surface area contributed by atoms with E-state index in [9.17, 15) is 5.26 Å². The fourth-order valence-electron chi connectivity index (χ4n) is 3.71. The number of hydrogen-bond donors (Lipinski definition) is 1. The van der Waals surface area contributed by atoms with Gasteiger partial charge in [0.1, 0.15) is 5.54 Å². The van der Waals surface area contributed by atoms with Gasteiger partial charge < -0.3 is 4.90 Å². The van der Waals surface area contributed by atoms with Gasteiger partial charge in [-0.2, -0.15) is 5.26 Å². The molecular weight excluding hydrogens is 258 g/mol. The van der Waals surface area contributed by atoms with Gasteiger partial charge in [0.15, 0.2) is 0 Å². The van der Waals surface area contributed by atoms with Crippen LogP contribution in [0.3, 0.4) is 0 Å². The summed E-state index contributed by atoms with van der Waals surface area (Å²) in [6.07, 6.45) is 9.84. The Labute approximate surface area is 132 Å². The first kappa shape index (κ1) is 18.5. The zero-order chi connectivity index (χ0) is 15.7. The minimum absolute atomic E-state index is 0.310. The standard InChI is InChI=1S/C18H35N3/c1-5-16-9-11-17(12-10-16)21(4)14-8-13-18(6-2,15-19)20-7-3/h16-17,20H,5-14H2,1-4H3. The monoisotopic (exact) mass is 293 g/mol. The molecule has 0 saturated heterocycles. The highest BCUT2D eigenvalue weighted by molar-refractivity contribution is 5.06. The number of hydrogen-bond acceptors (Lipinski definition) is 3. The topological polar surface area (TPSA) is 39.1 Å². The summed E-state index contributed by atoms with van der Waals surface area (Å²) in [5.41, 5.74) is -0.310. The molecule has 1 fully saturated rings. The smallest absolute Gasteiger partial charge is 0.106 e. The third-order valence-corrected chi connectivity index (χ3v) is 5.46. The first-order valence-corrected chi connectivity index (χ1v) is 8.97. The van der Waals surface area contributed by atoms with E-state index in [1.165, 1.54) is 32.1 Å². The Balaban J connectivity index is 2.33. The summed E-state index contributed by atoms with van der Waals surface area (Å²) < 4.78 is 0. The lowest BCUT2D eigenvalue weighted by Crippen LogP contribution is -2.44. The summed E-state index contributed by atoms with van der Waals surface area (Å²) in [7, 11) is 2.27. The molecular formula is C18H35N3. The Bertz CT molecular complexity index is 315. The molecule has 0 heterocycles. The van der Waals surface area contributed by atoms with Crippen LogP contribution in [0.4, 0.5) is 0 Å². The lowest BCUT2D eigenvalue weighted by molar-refractivity contribution is 0.158. The maximum absolute atomic E-state index is 9.45. The Kier molecular flexibility index (Phi) is 8.29. The molecule has 1 rings (SSSR count). The largest absolute Gasteiger partial charge is 0.303 e. The maximum atomic E-state index is 9.45. The van der Waals surface area contributed by atoms with E-state index in [-0.39, 0.29) is 5.54 Å². The van der Waals surface area contributed by atoms with E-state index in [2.05, 4.69) is 44.1 Å². The van der Waals surface area contributed by atoms with Gasteiger partial charge in [-0.15, -0.1) is 0 Å². The molecule has 0 aromatic rings. The van der Waals surface area contributed by atoms with Gasteiger partial charge in [0, 0.05) is 6.04 Å². The van der Waals surface area contributed by atoms with Crippen molar-refractivity contribution in [3.05, 3.63) is 0 Å². The predicted molar refractivity (Wildman–Crippen MR) is 90.2 cm³/mol. The summed E-state index contributed by atoms with van der Waals surface area (Å²) in [5.74, 6) is 0.967.